The maximum Gasteiger partial charge on any atom is 0.254 e. The number of rotatable bonds is 4. The van der Waals surface area contributed by atoms with Gasteiger partial charge < -0.3 is 16.4 Å². The molecule has 2 amide bonds. The molecule has 1 aromatic heterocycles. The Morgan fingerprint density at radius 3 is 2.59 bits per heavy atom. The maximum absolute atomic E-state index is 12.7. The first-order valence-electron chi connectivity index (χ1n) is 8.48. The summed E-state index contributed by atoms with van der Waals surface area (Å²) in [5.74, 6) is -0.244. The van der Waals surface area contributed by atoms with Gasteiger partial charge in [0.2, 0.25) is 5.91 Å². The number of nitrogens with two attached hydrogens (primary N) is 2. The van der Waals surface area contributed by atoms with E-state index in [9.17, 15) is 9.59 Å². The number of pyridine rings is 1. The molecule has 0 saturated heterocycles. The highest BCUT2D eigenvalue weighted by Crippen LogP contribution is 2.33. The zero-order valence-electron chi connectivity index (χ0n) is 14.6. The molecule has 134 valence electrons. The van der Waals surface area contributed by atoms with Crippen LogP contribution in [0.25, 0.3) is 21.9 Å². The summed E-state index contributed by atoms with van der Waals surface area (Å²) in [6, 6.07) is 13.5. The largest absolute Gasteiger partial charge is 0.384 e. The summed E-state index contributed by atoms with van der Waals surface area (Å²) in [7, 11) is 0. The molecule has 4 N–H and O–H groups in total. The van der Waals surface area contributed by atoms with Gasteiger partial charge in [0.1, 0.15) is 5.82 Å². The van der Waals surface area contributed by atoms with Gasteiger partial charge in [-0.15, -0.1) is 0 Å². The molecule has 0 aliphatic carbocycles. The number of fused-ring (bicyclic) bond motifs is 3. The van der Waals surface area contributed by atoms with Gasteiger partial charge in [0.05, 0.1) is 6.54 Å². The first-order valence-corrected chi connectivity index (χ1v) is 8.48. The van der Waals surface area contributed by atoms with Gasteiger partial charge in [-0.1, -0.05) is 24.8 Å². The number of nitrogens with zero attached hydrogens (tertiary/aromatic N) is 2. The highest BCUT2D eigenvalue weighted by molar-refractivity contribution is 6.05. The number of nitrogen functional groups attached to an aromatic ring is 1. The van der Waals surface area contributed by atoms with Crippen molar-refractivity contribution >= 4 is 28.4 Å². The lowest BCUT2D eigenvalue weighted by atomic mass is 9.97. The molecule has 2 aromatic carbocycles. The van der Waals surface area contributed by atoms with E-state index in [-0.39, 0.29) is 18.0 Å². The monoisotopic (exact) mass is 358 g/mol. The lowest BCUT2D eigenvalue weighted by Gasteiger charge is -2.15. The summed E-state index contributed by atoms with van der Waals surface area (Å²) in [4.78, 5) is 29.7. The quantitative estimate of drug-likeness (QED) is 0.699. The Morgan fingerprint density at radius 2 is 1.89 bits per heavy atom. The fourth-order valence-electron chi connectivity index (χ4n) is 3.38. The van der Waals surface area contributed by atoms with Crippen molar-refractivity contribution in [1.82, 2.24) is 9.88 Å². The third-order valence-corrected chi connectivity index (χ3v) is 4.85. The van der Waals surface area contributed by atoms with Crippen LogP contribution in [-0.4, -0.2) is 28.2 Å². The highest BCUT2D eigenvalue weighted by Gasteiger charge is 2.29. The third-order valence-electron chi connectivity index (χ3n) is 4.85. The minimum atomic E-state index is -0.596. The predicted octanol–water partition coefficient (Wildman–Crippen LogP) is 2.48. The molecule has 3 aromatic rings. The summed E-state index contributed by atoms with van der Waals surface area (Å²) in [5, 5.41) is 2.05. The molecule has 0 bridgehead atoms. The van der Waals surface area contributed by atoms with Crippen LogP contribution in [0.1, 0.15) is 15.9 Å². The number of aromatic nitrogens is 1. The Bertz CT molecular complexity index is 1100. The summed E-state index contributed by atoms with van der Waals surface area (Å²) >= 11 is 0. The number of benzene rings is 2. The van der Waals surface area contributed by atoms with Crippen LogP contribution in [0, 0.1) is 0 Å². The van der Waals surface area contributed by atoms with Crippen molar-refractivity contribution < 1.29 is 9.59 Å². The van der Waals surface area contributed by atoms with Crippen molar-refractivity contribution in [3.8, 4) is 11.1 Å². The molecule has 2 heterocycles. The van der Waals surface area contributed by atoms with E-state index in [1.807, 2.05) is 30.3 Å². The van der Waals surface area contributed by atoms with E-state index in [1.165, 1.54) is 0 Å². The van der Waals surface area contributed by atoms with E-state index < -0.39 is 5.91 Å². The SMILES string of the molecule is C=C(CN1Cc2c(ccc3ccc(-c4ccc(N)nc4)cc23)C1=O)C(N)=O. The molecular weight excluding hydrogens is 340 g/mol. The molecule has 0 saturated carbocycles. The lowest BCUT2D eigenvalue weighted by Crippen LogP contribution is -2.30. The van der Waals surface area contributed by atoms with Crippen LogP contribution < -0.4 is 11.5 Å². The molecule has 0 atom stereocenters. The highest BCUT2D eigenvalue weighted by atomic mass is 16.2. The molecule has 0 radical (unpaired) electrons. The lowest BCUT2D eigenvalue weighted by molar-refractivity contribution is -0.114. The van der Waals surface area contributed by atoms with Gasteiger partial charge in [-0.25, -0.2) is 4.98 Å². The Hall–Kier alpha value is -3.67. The second-order valence-corrected chi connectivity index (χ2v) is 6.63. The normalized spacial score (nSPS) is 13.0. The van der Waals surface area contributed by atoms with E-state index in [1.54, 1.807) is 17.2 Å². The van der Waals surface area contributed by atoms with Crippen LogP contribution in [0.15, 0.2) is 60.8 Å². The number of amides is 2. The average Bonchev–Trinajstić information content (AvgIpc) is 2.98. The Kier molecular flexibility index (Phi) is 3.88. The van der Waals surface area contributed by atoms with Crippen LogP contribution in [0.2, 0.25) is 0 Å². The van der Waals surface area contributed by atoms with Gasteiger partial charge in [-0.2, -0.15) is 0 Å². The van der Waals surface area contributed by atoms with Gasteiger partial charge in [0.15, 0.2) is 0 Å². The molecule has 4 rings (SSSR count). The minimum Gasteiger partial charge on any atom is -0.384 e. The van der Waals surface area contributed by atoms with Crippen LogP contribution >= 0.6 is 0 Å². The molecular formula is C21H18N4O2. The van der Waals surface area contributed by atoms with Crippen LogP contribution in [0.3, 0.4) is 0 Å². The first-order chi connectivity index (χ1) is 12.9. The Labute approximate surface area is 156 Å². The summed E-state index contributed by atoms with van der Waals surface area (Å²) in [5.41, 5.74) is 14.7. The van der Waals surface area contributed by atoms with E-state index in [4.69, 9.17) is 11.5 Å². The van der Waals surface area contributed by atoms with Gasteiger partial charge >= 0.3 is 0 Å². The number of hydrogen-bond acceptors (Lipinski definition) is 4. The fourth-order valence-corrected chi connectivity index (χ4v) is 3.38. The molecule has 6 heteroatoms. The molecule has 0 fully saturated rings. The second-order valence-electron chi connectivity index (χ2n) is 6.63. The van der Waals surface area contributed by atoms with Crippen LogP contribution in [0.4, 0.5) is 5.82 Å². The average molecular weight is 358 g/mol. The van der Waals surface area contributed by atoms with Gasteiger partial charge in [-0.05, 0) is 46.2 Å². The fraction of sp³-hybridized carbons (Fsp3) is 0.0952. The molecule has 0 spiro atoms. The molecule has 0 unspecified atom stereocenters. The number of primary amides is 1. The maximum atomic E-state index is 12.7. The van der Waals surface area contributed by atoms with Crippen molar-refractivity contribution in [2.75, 3.05) is 12.3 Å². The standard InChI is InChI=1S/C21H18N4O2/c1-12(20(23)26)10-25-11-18-16(21(25)27)6-4-13-2-3-14(8-17(13)18)15-5-7-19(22)24-9-15/h2-9H,1,10-11H2,(H2,22,24)(H2,23,26). The number of anilines is 1. The van der Waals surface area contributed by atoms with E-state index in [2.05, 4.69) is 17.6 Å². The van der Waals surface area contributed by atoms with E-state index in [0.717, 1.165) is 27.5 Å². The van der Waals surface area contributed by atoms with E-state index in [0.29, 0.717) is 17.9 Å². The summed E-state index contributed by atoms with van der Waals surface area (Å²) < 4.78 is 0. The smallest absolute Gasteiger partial charge is 0.254 e. The topological polar surface area (TPSA) is 102 Å². The van der Waals surface area contributed by atoms with Crippen molar-refractivity contribution in [3.63, 3.8) is 0 Å². The van der Waals surface area contributed by atoms with Gasteiger partial charge in [-0.3, -0.25) is 9.59 Å². The van der Waals surface area contributed by atoms with Crippen LogP contribution in [0.5, 0.6) is 0 Å². The Balaban J connectivity index is 1.76. The molecule has 6 nitrogen and oxygen atoms in total. The van der Waals surface area contributed by atoms with Crippen molar-refractivity contribution in [1.29, 1.82) is 0 Å². The first kappa shape index (κ1) is 16.8. The third kappa shape index (κ3) is 2.91. The zero-order chi connectivity index (χ0) is 19.1. The zero-order valence-corrected chi connectivity index (χ0v) is 14.6. The minimum absolute atomic E-state index is 0.117. The molecule has 1 aliphatic rings. The summed E-state index contributed by atoms with van der Waals surface area (Å²) in [6.45, 7) is 4.20. The number of hydrogen-bond donors (Lipinski definition) is 2. The number of carbonyl (C=O) groups is 2. The molecule has 1 aliphatic heterocycles. The van der Waals surface area contributed by atoms with Gasteiger partial charge in [0, 0.05) is 29.4 Å². The summed E-state index contributed by atoms with van der Waals surface area (Å²) in [6.07, 6.45) is 1.73. The second kappa shape index (κ2) is 6.25. The van der Waals surface area contributed by atoms with Crippen molar-refractivity contribution in [2.24, 2.45) is 5.73 Å². The number of carbonyl (C=O) groups excluding carboxylic acids is 2. The molecule has 27 heavy (non-hydrogen) atoms. The predicted molar refractivity (Wildman–Crippen MR) is 105 cm³/mol. The van der Waals surface area contributed by atoms with Crippen molar-refractivity contribution in [2.45, 2.75) is 6.54 Å². The Morgan fingerprint density at radius 1 is 1.15 bits per heavy atom. The van der Waals surface area contributed by atoms with E-state index >= 15 is 0 Å². The van der Waals surface area contributed by atoms with Crippen LogP contribution in [-0.2, 0) is 11.3 Å². The van der Waals surface area contributed by atoms with Crippen molar-refractivity contribution in [3.05, 3.63) is 71.9 Å². The van der Waals surface area contributed by atoms with Gasteiger partial charge in [0.25, 0.3) is 5.91 Å².